The van der Waals surface area contributed by atoms with Crippen LogP contribution in [0.3, 0.4) is 0 Å². The van der Waals surface area contributed by atoms with Crippen molar-refractivity contribution in [2.75, 3.05) is 6.61 Å². The summed E-state index contributed by atoms with van der Waals surface area (Å²) in [5, 5.41) is 0.777. The number of nitrogens with one attached hydrogen (secondary N) is 2. The van der Waals surface area contributed by atoms with E-state index in [4.69, 9.17) is 13.9 Å². The lowest BCUT2D eigenvalue weighted by Crippen LogP contribution is -2.43. The number of aromatic nitrogens is 1. The summed E-state index contributed by atoms with van der Waals surface area (Å²) >= 11 is 1.51. The lowest BCUT2D eigenvalue weighted by molar-refractivity contribution is -0.126. The molecular formula is C22H19N3O5S. The van der Waals surface area contributed by atoms with Crippen LogP contribution in [-0.4, -0.2) is 23.4 Å². The van der Waals surface area contributed by atoms with Crippen molar-refractivity contribution in [3.63, 3.8) is 0 Å². The molecule has 0 saturated carbocycles. The first-order chi connectivity index (χ1) is 15.2. The summed E-state index contributed by atoms with van der Waals surface area (Å²) in [6, 6.07) is 20.2. The number of rotatable bonds is 8. The summed E-state index contributed by atoms with van der Waals surface area (Å²) in [6.45, 7) is 0.178. The number of nitrogens with zero attached hydrogens (tertiary/aromatic N) is 1. The normalized spacial score (nSPS) is 10.7. The largest absolute Gasteiger partial charge is 0.486 e. The summed E-state index contributed by atoms with van der Waals surface area (Å²) in [6.07, 6.45) is 0. The van der Waals surface area contributed by atoms with E-state index in [0.717, 1.165) is 15.2 Å². The number of benzene rings is 2. The Labute approximate surface area is 181 Å². The van der Waals surface area contributed by atoms with Crippen LogP contribution < -0.4 is 15.6 Å². The molecule has 4 aromatic rings. The van der Waals surface area contributed by atoms with Crippen LogP contribution in [0.4, 0.5) is 0 Å². The van der Waals surface area contributed by atoms with Crippen molar-refractivity contribution >= 4 is 33.4 Å². The number of furan rings is 1. The molecule has 0 radical (unpaired) electrons. The minimum absolute atomic E-state index is 0.0577. The van der Waals surface area contributed by atoms with Crippen LogP contribution in [0.15, 0.2) is 71.1 Å². The lowest BCUT2D eigenvalue weighted by atomic mass is 10.3. The van der Waals surface area contributed by atoms with Crippen LogP contribution in [0.25, 0.3) is 10.2 Å². The zero-order valence-electron chi connectivity index (χ0n) is 16.4. The van der Waals surface area contributed by atoms with Crippen molar-refractivity contribution in [3.8, 4) is 5.75 Å². The van der Waals surface area contributed by atoms with E-state index in [-0.39, 0.29) is 25.6 Å². The van der Waals surface area contributed by atoms with Gasteiger partial charge in [-0.1, -0.05) is 30.3 Å². The first-order valence-corrected chi connectivity index (χ1v) is 10.3. The van der Waals surface area contributed by atoms with Gasteiger partial charge in [0.1, 0.15) is 29.7 Å². The monoisotopic (exact) mass is 437 g/mol. The van der Waals surface area contributed by atoms with E-state index < -0.39 is 11.8 Å². The Kier molecular flexibility index (Phi) is 6.56. The topological polar surface area (TPSA) is 103 Å². The first kappa shape index (κ1) is 20.6. The molecule has 2 aromatic carbocycles. The fourth-order valence-corrected chi connectivity index (χ4v) is 3.59. The molecule has 158 valence electrons. The molecule has 0 aliphatic heterocycles. The molecule has 8 nitrogen and oxygen atoms in total. The average molecular weight is 437 g/mol. The SMILES string of the molecule is O=C(COCc1nc2ccccc2s1)NNC(=O)c1ccc(COc2ccccc2)o1. The molecule has 9 heteroatoms. The molecule has 2 N–H and O–H groups in total. The van der Waals surface area contributed by atoms with Crippen molar-refractivity contribution in [3.05, 3.63) is 83.3 Å². The number of amides is 2. The Hall–Kier alpha value is -3.69. The molecule has 0 atom stereocenters. The Bertz CT molecular complexity index is 1140. The van der Waals surface area contributed by atoms with E-state index in [9.17, 15) is 9.59 Å². The van der Waals surface area contributed by atoms with E-state index in [1.807, 2.05) is 54.6 Å². The van der Waals surface area contributed by atoms with Gasteiger partial charge in [-0.25, -0.2) is 4.98 Å². The average Bonchev–Trinajstić information content (AvgIpc) is 3.43. The third kappa shape index (κ3) is 5.68. The van der Waals surface area contributed by atoms with Gasteiger partial charge >= 0.3 is 5.91 Å². The van der Waals surface area contributed by atoms with E-state index in [2.05, 4.69) is 15.8 Å². The third-order valence-corrected chi connectivity index (χ3v) is 5.13. The van der Waals surface area contributed by atoms with Crippen LogP contribution in [0.5, 0.6) is 5.75 Å². The summed E-state index contributed by atoms with van der Waals surface area (Å²) < 4.78 is 17.4. The molecule has 2 heterocycles. The van der Waals surface area contributed by atoms with E-state index in [0.29, 0.717) is 11.5 Å². The van der Waals surface area contributed by atoms with Crippen LogP contribution in [0.1, 0.15) is 21.3 Å². The maximum absolute atomic E-state index is 12.1. The molecule has 31 heavy (non-hydrogen) atoms. The number of hydrogen-bond acceptors (Lipinski definition) is 7. The van der Waals surface area contributed by atoms with Gasteiger partial charge in [0.25, 0.3) is 5.91 Å². The second-order valence-electron chi connectivity index (χ2n) is 6.44. The smallest absolute Gasteiger partial charge is 0.305 e. The Morgan fingerprint density at radius 3 is 2.58 bits per heavy atom. The number of fused-ring (bicyclic) bond motifs is 1. The summed E-state index contributed by atoms with van der Waals surface area (Å²) in [5.74, 6) is 0.170. The highest BCUT2D eigenvalue weighted by atomic mass is 32.1. The number of hydrazine groups is 1. The summed E-state index contributed by atoms with van der Waals surface area (Å²) in [7, 11) is 0. The highest BCUT2D eigenvalue weighted by molar-refractivity contribution is 7.18. The number of thiazole rings is 1. The van der Waals surface area contributed by atoms with Crippen LogP contribution >= 0.6 is 11.3 Å². The van der Waals surface area contributed by atoms with Crippen molar-refractivity contribution in [1.29, 1.82) is 0 Å². The number of carbonyl (C=O) groups excluding carboxylic acids is 2. The predicted molar refractivity (Wildman–Crippen MR) is 114 cm³/mol. The Morgan fingerprint density at radius 2 is 1.74 bits per heavy atom. The summed E-state index contributed by atoms with van der Waals surface area (Å²) in [4.78, 5) is 28.4. The molecule has 2 amide bonds. The standard InChI is InChI=1S/C22H19N3O5S/c26-20(13-28-14-21-23-17-8-4-5-9-19(17)31-21)24-25-22(27)18-11-10-16(30-18)12-29-15-6-2-1-3-7-15/h1-11H,12-14H2,(H,24,26)(H,25,27). The predicted octanol–water partition coefficient (Wildman–Crippen LogP) is 3.45. The zero-order chi connectivity index (χ0) is 21.5. The van der Waals surface area contributed by atoms with Gasteiger partial charge in [-0.3, -0.25) is 20.4 Å². The second kappa shape index (κ2) is 9.88. The minimum Gasteiger partial charge on any atom is -0.486 e. The summed E-state index contributed by atoms with van der Waals surface area (Å²) in [5.41, 5.74) is 5.48. The number of para-hydroxylation sites is 2. The van der Waals surface area contributed by atoms with Crippen LogP contribution in [-0.2, 0) is 22.7 Å². The van der Waals surface area contributed by atoms with Gasteiger partial charge in [-0.2, -0.15) is 0 Å². The van der Waals surface area contributed by atoms with Gasteiger partial charge in [-0.05, 0) is 36.4 Å². The molecule has 4 rings (SSSR count). The van der Waals surface area contributed by atoms with Crippen LogP contribution in [0.2, 0.25) is 0 Å². The molecule has 0 saturated heterocycles. The van der Waals surface area contributed by atoms with Gasteiger partial charge in [0.2, 0.25) is 0 Å². The molecular weight excluding hydrogens is 418 g/mol. The van der Waals surface area contributed by atoms with Gasteiger partial charge in [0.15, 0.2) is 5.76 Å². The maximum atomic E-state index is 12.1. The van der Waals surface area contributed by atoms with Crippen molar-refractivity contribution in [2.45, 2.75) is 13.2 Å². The Balaban J connectivity index is 1.18. The van der Waals surface area contributed by atoms with E-state index in [1.165, 1.54) is 17.4 Å². The number of ether oxygens (including phenoxy) is 2. The van der Waals surface area contributed by atoms with E-state index in [1.54, 1.807) is 6.07 Å². The number of carbonyl (C=O) groups is 2. The lowest BCUT2D eigenvalue weighted by Gasteiger charge is -2.06. The fraction of sp³-hybridized carbons (Fsp3) is 0.136. The van der Waals surface area contributed by atoms with Gasteiger partial charge in [0.05, 0.1) is 16.8 Å². The quantitative estimate of drug-likeness (QED) is 0.410. The molecule has 0 spiro atoms. The van der Waals surface area contributed by atoms with Crippen molar-refractivity contribution in [2.24, 2.45) is 0 Å². The van der Waals surface area contributed by atoms with Gasteiger partial charge in [0, 0.05) is 0 Å². The number of hydrogen-bond donors (Lipinski definition) is 2. The molecule has 0 unspecified atom stereocenters. The minimum atomic E-state index is -0.578. The second-order valence-corrected chi connectivity index (χ2v) is 7.55. The highest BCUT2D eigenvalue weighted by Crippen LogP contribution is 2.21. The van der Waals surface area contributed by atoms with Gasteiger partial charge < -0.3 is 13.9 Å². The highest BCUT2D eigenvalue weighted by Gasteiger charge is 2.13. The fourth-order valence-electron chi connectivity index (χ4n) is 2.69. The van der Waals surface area contributed by atoms with Crippen molar-refractivity contribution < 1.29 is 23.5 Å². The molecule has 2 aromatic heterocycles. The van der Waals surface area contributed by atoms with Gasteiger partial charge in [-0.15, -0.1) is 11.3 Å². The third-order valence-electron chi connectivity index (χ3n) is 4.12. The van der Waals surface area contributed by atoms with Crippen LogP contribution in [0, 0.1) is 0 Å². The molecule has 0 aliphatic rings. The molecule has 0 fully saturated rings. The van der Waals surface area contributed by atoms with Crippen molar-refractivity contribution in [1.82, 2.24) is 15.8 Å². The Morgan fingerprint density at radius 1 is 0.935 bits per heavy atom. The van der Waals surface area contributed by atoms with E-state index >= 15 is 0 Å². The molecule has 0 bridgehead atoms. The first-order valence-electron chi connectivity index (χ1n) is 9.45. The maximum Gasteiger partial charge on any atom is 0.305 e. The zero-order valence-corrected chi connectivity index (χ0v) is 17.2. The molecule has 0 aliphatic carbocycles.